The number of benzene rings is 1. The lowest BCUT2D eigenvalue weighted by molar-refractivity contribution is 0.0775. The molecule has 5 heteroatoms. The van der Waals surface area contributed by atoms with Crippen molar-refractivity contribution in [2.45, 2.75) is 26.2 Å². The minimum atomic E-state index is 0. The van der Waals surface area contributed by atoms with Crippen molar-refractivity contribution in [2.75, 3.05) is 32.8 Å². The molecule has 0 saturated carbocycles. The molecule has 0 aliphatic carbocycles. The Hall–Kier alpha value is -1.26. The fraction of sp³-hybridized carbons (Fsp3) is 0.588. The highest BCUT2D eigenvalue weighted by atomic mass is 35.5. The van der Waals surface area contributed by atoms with Gasteiger partial charge in [0.2, 0.25) is 0 Å². The normalized spacial score (nSPS) is 23.6. The molecule has 0 aromatic heterocycles. The summed E-state index contributed by atoms with van der Waals surface area (Å²) in [5.41, 5.74) is 1.07. The van der Waals surface area contributed by atoms with E-state index in [0.29, 0.717) is 12.0 Å². The first-order valence-corrected chi connectivity index (χ1v) is 7.95. The summed E-state index contributed by atoms with van der Waals surface area (Å²) in [6.45, 7) is 6.67. The van der Waals surface area contributed by atoms with Crippen molar-refractivity contribution in [3.8, 4) is 5.75 Å². The average molecular weight is 325 g/mol. The summed E-state index contributed by atoms with van der Waals surface area (Å²) in [5, 5.41) is 3.43. The van der Waals surface area contributed by atoms with Crippen molar-refractivity contribution in [3.63, 3.8) is 0 Å². The zero-order valence-electron chi connectivity index (χ0n) is 13.1. The second-order valence-corrected chi connectivity index (χ2v) is 6.28. The van der Waals surface area contributed by atoms with Gasteiger partial charge >= 0.3 is 0 Å². The summed E-state index contributed by atoms with van der Waals surface area (Å²) in [4.78, 5) is 14.7. The molecule has 1 aromatic rings. The molecule has 122 valence electrons. The van der Waals surface area contributed by atoms with E-state index in [-0.39, 0.29) is 18.3 Å². The maximum absolute atomic E-state index is 12.7. The van der Waals surface area contributed by atoms with E-state index in [9.17, 15) is 4.79 Å². The predicted molar refractivity (Wildman–Crippen MR) is 89.9 cm³/mol. The minimum absolute atomic E-state index is 0. The molecule has 2 aliphatic heterocycles. The first kappa shape index (κ1) is 17.1. The summed E-state index contributed by atoms with van der Waals surface area (Å²) < 4.78 is 5.62. The van der Waals surface area contributed by atoms with E-state index in [2.05, 4.69) is 12.2 Å². The van der Waals surface area contributed by atoms with Gasteiger partial charge in [-0.15, -0.1) is 12.4 Å². The molecule has 2 heterocycles. The molecule has 4 nitrogen and oxygen atoms in total. The van der Waals surface area contributed by atoms with E-state index in [1.807, 2.05) is 29.2 Å². The lowest BCUT2D eigenvalue weighted by Gasteiger charge is -2.23. The number of carbonyl (C=O) groups excluding carboxylic acids is 1. The smallest absolute Gasteiger partial charge is 0.254 e. The number of halogens is 1. The van der Waals surface area contributed by atoms with Crippen LogP contribution in [0.3, 0.4) is 0 Å². The molecule has 2 saturated heterocycles. The van der Waals surface area contributed by atoms with Crippen molar-refractivity contribution in [2.24, 2.45) is 5.41 Å². The molecule has 1 aromatic carbocycles. The van der Waals surface area contributed by atoms with Gasteiger partial charge in [0.15, 0.2) is 0 Å². The third-order valence-corrected chi connectivity index (χ3v) is 4.61. The van der Waals surface area contributed by atoms with E-state index in [0.717, 1.165) is 50.3 Å². The van der Waals surface area contributed by atoms with E-state index in [1.54, 1.807) is 0 Å². The Labute approximate surface area is 138 Å². The van der Waals surface area contributed by atoms with Gasteiger partial charge in [0, 0.05) is 30.6 Å². The van der Waals surface area contributed by atoms with E-state index >= 15 is 0 Å². The van der Waals surface area contributed by atoms with Gasteiger partial charge in [-0.1, -0.05) is 13.0 Å². The molecular formula is C17H25ClN2O2. The molecular weight excluding hydrogens is 300 g/mol. The molecule has 1 amide bonds. The number of ether oxygens (including phenoxy) is 1. The van der Waals surface area contributed by atoms with Crippen LogP contribution in [-0.4, -0.2) is 43.6 Å². The largest absolute Gasteiger partial charge is 0.494 e. The van der Waals surface area contributed by atoms with Crippen molar-refractivity contribution in [1.29, 1.82) is 0 Å². The first-order valence-electron chi connectivity index (χ1n) is 7.95. The number of hydrogen-bond donors (Lipinski definition) is 1. The number of nitrogens with one attached hydrogen (secondary N) is 1. The van der Waals surface area contributed by atoms with E-state index in [1.165, 1.54) is 6.42 Å². The fourth-order valence-corrected chi connectivity index (χ4v) is 3.37. The fourth-order valence-electron chi connectivity index (χ4n) is 3.37. The van der Waals surface area contributed by atoms with Crippen LogP contribution in [-0.2, 0) is 0 Å². The topological polar surface area (TPSA) is 41.6 Å². The summed E-state index contributed by atoms with van der Waals surface area (Å²) in [6, 6.07) is 7.58. The third-order valence-electron chi connectivity index (χ3n) is 4.61. The van der Waals surface area contributed by atoms with E-state index < -0.39 is 0 Å². The monoisotopic (exact) mass is 324 g/mol. The second kappa shape index (κ2) is 7.34. The Morgan fingerprint density at radius 3 is 3.00 bits per heavy atom. The molecule has 1 atom stereocenters. The minimum Gasteiger partial charge on any atom is -0.494 e. The molecule has 2 aliphatic rings. The number of rotatable bonds is 4. The summed E-state index contributed by atoms with van der Waals surface area (Å²) in [6.07, 6.45) is 3.29. The zero-order chi connectivity index (χ0) is 14.7. The lowest BCUT2D eigenvalue weighted by Crippen LogP contribution is -2.33. The maximum Gasteiger partial charge on any atom is 0.254 e. The van der Waals surface area contributed by atoms with Crippen LogP contribution in [0, 0.1) is 5.41 Å². The molecule has 0 bridgehead atoms. The first-order chi connectivity index (χ1) is 10.2. The van der Waals surface area contributed by atoms with Crippen LogP contribution in [0.2, 0.25) is 0 Å². The molecule has 1 spiro atoms. The maximum atomic E-state index is 12.7. The average Bonchev–Trinajstić information content (AvgIpc) is 3.15. The van der Waals surface area contributed by atoms with Gasteiger partial charge in [-0.3, -0.25) is 4.79 Å². The number of hydrogen-bond acceptors (Lipinski definition) is 3. The zero-order valence-corrected chi connectivity index (χ0v) is 14.0. The van der Waals surface area contributed by atoms with Crippen molar-refractivity contribution < 1.29 is 9.53 Å². The van der Waals surface area contributed by atoms with Gasteiger partial charge in [-0.2, -0.15) is 0 Å². The van der Waals surface area contributed by atoms with Crippen molar-refractivity contribution in [1.82, 2.24) is 10.2 Å². The van der Waals surface area contributed by atoms with Crippen LogP contribution in [0.15, 0.2) is 24.3 Å². The second-order valence-electron chi connectivity index (χ2n) is 6.28. The van der Waals surface area contributed by atoms with Gasteiger partial charge in [0.1, 0.15) is 5.75 Å². The van der Waals surface area contributed by atoms with Crippen molar-refractivity contribution >= 4 is 18.3 Å². The molecule has 0 radical (unpaired) electrons. The Morgan fingerprint density at radius 2 is 2.27 bits per heavy atom. The SMILES string of the molecule is CCCOc1cccc(C(=O)N2CCC3(CCNC3)C2)c1.Cl. The number of carbonyl (C=O) groups is 1. The Kier molecular flexibility index (Phi) is 5.70. The summed E-state index contributed by atoms with van der Waals surface area (Å²) >= 11 is 0. The van der Waals surface area contributed by atoms with Crippen LogP contribution >= 0.6 is 12.4 Å². The predicted octanol–water partition coefficient (Wildman–Crippen LogP) is 2.72. The van der Waals surface area contributed by atoms with Gasteiger partial charge in [0.25, 0.3) is 5.91 Å². The molecule has 3 rings (SSSR count). The lowest BCUT2D eigenvalue weighted by atomic mass is 9.86. The highest BCUT2D eigenvalue weighted by Gasteiger charge is 2.41. The molecule has 1 N–H and O–H groups in total. The number of amides is 1. The van der Waals surface area contributed by atoms with Crippen LogP contribution in [0.1, 0.15) is 36.5 Å². The van der Waals surface area contributed by atoms with Crippen molar-refractivity contribution in [3.05, 3.63) is 29.8 Å². The van der Waals surface area contributed by atoms with Gasteiger partial charge in [0.05, 0.1) is 6.61 Å². The number of likely N-dealkylation sites (tertiary alicyclic amines) is 1. The summed E-state index contributed by atoms with van der Waals surface area (Å²) in [7, 11) is 0. The Balaban J connectivity index is 0.00000176. The van der Waals surface area contributed by atoms with E-state index in [4.69, 9.17) is 4.74 Å². The van der Waals surface area contributed by atoms with Gasteiger partial charge in [-0.05, 0) is 44.0 Å². The van der Waals surface area contributed by atoms with Crippen LogP contribution in [0.4, 0.5) is 0 Å². The standard InChI is InChI=1S/C17H24N2O2.ClH/c1-2-10-21-15-5-3-4-14(11-15)16(20)19-9-7-17(13-19)6-8-18-12-17;/h3-5,11,18H,2,6-10,12-13H2,1H3;1H. The third kappa shape index (κ3) is 3.55. The summed E-state index contributed by atoms with van der Waals surface area (Å²) in [5.74, 6) is 0.930. The highest BCUT2D eigenvalue weighted by molar-refractivity contribution is 5.94. The molecule has 22 heavy (non-hydrogen) atoms. The van der Waals surface area contributed by atoms with Crippen LogP contribution in [0.25, 0.3) is 0 Å². The van der Waals surface area contributed by atoms with Gasteiger partial charge < -0.3 is 15.0 Å². The van der Waals surface area contributed by atoms with Crippen LogP contribution in [0.5, 0.6) is 5.75 Å². The molecule has 2 fully saturated rings. The Bertz CT molecular complexity index is 515. The van der Waals surface area contributed by atoms with Crippen LogP contribution < -0.4 is 10.1 Å². The Morgan fingerprint density at radius 1 is 1.41 bits per heavy atom. The molecule has 1 unspecified atom stereocenters. The highest BCUT2D eigenvalue weighted by Crippen LogP contribution is 2.36. The number of nitrogens with zero attached hydrogens (tertiary/aromatic N) is 1. The van der Waals surface area contributed by atoms with Gasteiger partial charge in [-0.25, -0.2) is 0 Å². The quantitative estimate of drug-likeness (QED) is 0.926.